The molecular formula is C26H39NO5S. The summed E-state index contributed by atoms with van der Waals surface area (Å²) < 4.78 is 5.85. The number of aliphatic hydroxyl groups is 2. The first-order valence-electron chi connectivity index (χ1n) is 12.1. The van der Waals surface area contributed by atoms with Crippen LogP contribution in [0.3, 0.4) is 0 Å². The SMILES string of the molecule is CC1=NC(/C=C(\C)[C@@H]2C/C=C(/C)CCC[C@@H]3C[C@@](C)(C(=O)[C@H](C)[C@H]3O)[C@@H](O)CC(=O)O2)CS1. The van der Waals surface area contributed by atoms with Crippen molar-refractivity contribution >= 4 is 28.6 Å². The molecule has 2 bridgehead atoms. The number of hydrogen-bond donors (Lipinski definition) is 2. The number of thioether (sulfide) groups is 1. The van der Waals surface area contributed by atoms with Gasteiger partial charge in [-0.1, -0.05) is 31.6 Å². The summed E-state index contributed by atoms with van der Waals surface area (Å²) in [5.74, 6) is -0.420. The Kier molecular flexibility index (Phi) is 8.62. The molecule has 2 aliphatic heterocycles. The summed E-state index contributed by atoms with van der Waals surface area (Å²) in [4.78, 5) is 30.6. The lowest BCUT2D eigenvalue weighted by Gasteiger charge is -2.45. The maximum absolute atomic E-state index is 13.1. The van der Waals surface area contributed by atoms with Crippen molar-refractivity contribution in [3.63, 3.8) is 0 Å². The molecular weight excluding hydrogens is 438 g/mol. The number of ketones is 1. The van der Waals surface area contributed by atoms with Crippen LogP contribution in [0.2, 0.25) is 0 Å². The van der Waals surface area contributed by atoms with Gasteiger partial charge in [0.2, 0.25) is 0 Å². The summed E-state index contributed by atoms with van der Waals surface area (Å²) in [6.45, 7) is 9.52. The fraction of sp³-hybridized carbons (Fsp3) is 0.731. The van der Waals surface area contributed by atoms with E-state index in [9.17, 15) is 19.8 Å². The summed E-state index contributed by atoms with van der Waals surface area (Å²) in [6.07, 6.45) is 5.22. The molecule has 6 nitrogen and oxygen atoms in total. The van der Waals surface area contributed by atoms with E-state index in [-0.39, 0.29) is 24.2 Å². The second-order valence-electron chi connectivity index (χ2n) is 10.3. The Balaban J connectivity index is 1.85. The zero-order valence-corrected chi connectivity index (χ0v) is 21.4. The fourth-order valence-electron chi connectivity index (χ4n) is 5.40. The van der Waals surface area contributed by atoms with Gasteiger partial charge in [-0.2, -0.15) is 0 Å². The number of carbonyl (C=O) groups excluding carboxylic acids is 2. The summed E-state index contributed by atoms with van der Waals surface area (Å²) in [5.41, 5.74) is 1.11. The van der Waals surface area contributed by atoms with Crippen LogP contribution in [0.15, 0.2) is 28.3 Å². The molecule has 1 fully saturated rings. The first-order chi connectivity index (χ1) is 15.5. The number of Topliss-reactive ketones (excluding diaryl/α,β-unsaturated/α-hetero) is 1. The molecule has 0 radical (unpaired) electrons. The van der Waals surface area contributed by atoms with E-state index in [2.05, 4.69) is 24.1 Å². The molecule has 33 heavy (non-hydrogen) atoms. The van der Waals surface area contributed by atoms with Gasteiger partial charge in [0, 0.05) is 18.1 Å². The Hall–Kier alpha value is -1.44. The van der Waals surface area contributed by atoms with Gasteiger partial charge in [-0.05, 0) is 57.9 Å². The van der Waals surface area contributed by atoms with Gasteiger partial charge in [0.25, 0.3) is 0 Å². The van der Waals surface area contributed by atoms with Crippen LogP contribution in [0.25, 0.3) is 0 Å². The fourth-order valence-corrected chi connectivity index (χ4v) is 6.20. The molecule has 3 rings (SSSR count). The molecule has 0 spiro atoms. The largest absolute Gasteiger partial charge is 0.457 e. The van der Waals surface area contributed by atoms with Gasteiger partial charge in [0.15, 0.2) is 0 Å². The number of allylic oxidation sites excluding steroid dienone is 1. The molecule has 7 atom stereocenters. The maximum Gasteiger partial charge on any atom is 0.309 e. The second kappa shape index (κ2) is 10.9. The standard InChI is InChI=1S/C26H39NO5S/c1-15-7-6-8-19-13-26(5,25(31)17(3)24(19)30)22(28)12-23(29)32-21(10-9-15)16(2)11-20-14-33-18(4)27-20/h9,11,17,19-22,24,28,30H,6-8,10,12-14H2,1-5H3/b15-9-,16-11+/t17-,19-,20?,21+,22+,24-,26-/m1/s1. The number of carbonyl (C=O) groups is 2. The summed E-state index contributed by atoms with van der Waals surface area (Å²) in [7, 11) is 0. The number of ether oxygens (including phenoxy) is 1. The molecule has 0 aromatic carbocycles. The molecule has 2 N–H and O–H groups in total. The van der Waals surface area contributed by atoms with Crippen LogP contribution in [-0.2, 0) is 14.3 Å². The van der Waals surface area contributed by atoms with E-state index in [1.165, 1.54) is 5.57 Å². The van der Waals surface area contributed by atoms with Crippen molar-refractivity contribution in [3.05, 3.63) is 23.3 Å². The number of esters is 1. The van der Waals surface area contributed by atoms with Crippen LogP contribution in [-0.4, -0.2) is 57.1 Å². The Morgan fingerprint density at radius 3 is 2.70 bits per heavy atom. The van der Waals surface area contributed by atoms with Crippen LogP contribution in [0.5, 0.6) is 0 Å². The van der Waals surface area contributed by atoms with Crippen molar-refractivity contribution in [3.8, 4) is 0 Å². The van der Waals surface area contributed by atoms with Crippen LogP contribution in [0.4, 0.5) is 0 Å². The number of fused-ring (bicyclic) bond motifs is 2. The van der Waals surface area contributed by atoms with Gasteiger partial charge >= 0.3 is 5.97 Å². The molecule has 0 aromatic heterocycles. The first kappa shape index (κ1) is 26.2. The van der Waals surface area contributed by atoms with E-state index in [0.29, 0.717) is 12.8 Å². The van der Waals surface area contributed by atoms with E-state index in [0.717, 1.165) is 35.6 Å². The second-order valence-corrected chi connectivity index (χ2v) is 11.6. The highest BCUT2D eigenvalue weighted by atomic mass is 32.2. The Morgan fingerprint density at radius 2 is 2.03 bits per heavy atom. The number of hydrogen-bond acceptors (Lipinski definition) is 7. The average Bonchev–Trinajstić information content (AvgIpc) is 3.16. The van der Waals surface area contributed by atoms with E-state index in [1.54, 1.807) is 25.6 Å². The Morgan fingerprint density at radius 1 is 1.30 bits per heavy atom. The molecule has 0 amide bonds. The van der Waals surface area contributed by atoms with Gasteiger partial charge in [-0.3, -0.25) is 14.6 Å². The molecule has 2 heterocycles. The van der Waals surface area contributed by atoms with Crippen LogP contribution in [0.1, 0.15) is 73.1 Å². The van der Waals surface area contributed by atoms with Crippen LogP contribution in [0, 0.1) is 17.3 Å². The predicted molar refractivity (Wildman–Crippen MR) is 132 cm³/mol. The Bertz CT molecular complexity index is 850. The van der Waals surface area contributed by atoms with Crippen molar-refractivity contribution in [1.29, 1.82) is 0 Å². The monoisotopic (exact) mass is 477 g/mol. The molecule has 3 aliphatic rings. The zero-order valence-electron chi connectivity index (χ0n) is 20.5. The Labute approximate surface area is 202 Å². The summed E-state index contributed by atoms with van der Waals surface area (Å²) >= 11 is 1.73. The van der Waals surface area contributed by atoms with Crippen molar-refractivity contribution < 1.29 is 24.5 Å². The number of cyclic esters (lactones) is 1. The van der Waals surface area contributed by atoms with Crippen molar-refractivity contribution in [2.24, 2.45) is 22.2 Å². The third-order valence-corrected chi connectivity index (χ3v) is 8.66. The molecule has 1 unspecified atom stereocenters. The maximum atomic E-state index is 13.1. The van der Waals surface area contributed by atoms with Crippen molar-refractivity contribution in [2.45, 2.75) is 97.5 Å². The van der Waals surface area contributed by atoms with Gasteiger partial charge in [-0.25, -0.2) is 0 Å². The first-order valence-corrected chi connectivity index (χ1v) is 13.1. The third-order valence-electron chi connectivity index (χ3n) is 7.63. The number of nitrogens with zero attached hydrogens (tertiary/aromatic N) is 1. The lowest BCUT2D eigenvalue weighted by molar-refractivity contribution is -0.161. The molecule has 1 saturated carbocycles. The van der Waals surface area contributed by atoms with E-state index < -0.39 is 35.6 Å². The highest BCUT2D eigenvalue weighted by Crippen LogP contribution is 2.44. The number of aliphatic imine (C=N–C) groups is 1. The average molecular weight is 478 g/mol. The van der Waals surface area contributed by atoms with Gasteiger partial charge < -0.3 is 14.9 Å². The molecule has 7 heteroatoms. The van der Waals surface area contributed by atoms with Crippen molar-refractivity contribution in [2.75, 3.05) is 5.75 Å². The smallest absolute Gasteiger partial charge is 0.309 e. The summed E-state index contributed by atoms with van der Waals surface area (Å²) in [5, 5.41) is 22.8. The lowest BCUT2D eigenvalue weighted by atomic mass is 9.60. The third kappa shape index (κ3) is 6.17. The minimum Gasteiger partial charge on any atom is -0.457 e. The van der Waals surface area contributed by atoms with E-state index in [4.69, 9.17) is 4.74 Å². The van der Waals surface area contributed by atoms with Gasteiger partial charge in [0.05, 0.1) is 35.1 Å². The minimum absolute atomic E-state index is 0.0738. The normalized spacial score (nSPS) is 41.0. The van der Waals surface area contributed by atoms with E-state index in [1.807, 2.05) is 13.8 Å². The minimum atomic E-state index is -1.14. The zero-order chi connectivity index (χ0) is 24.3. The van der Waals surface area contributed by atoms with Crippen molar-refractivity contribution in [1.82, 2.24) is 0 Å². The number of rotatable bonds is 2. The highest BCUT2D eigenvalue weighted by molar-refractivity contribution is 8.14. The molecule has 0 saturated heterocycles. The summed E-state index contributed by atoms with van der Waals surface area (Å²) in [6, 6.07) is 0.0843. The van der Waals surface area contributed by atoms with Crippen LogP contribution < -0.4 is 0 Å². The van der Waals surface area contributed by atoms with Crippen LogP contribution >= 0.6 is 11.8 Å². The predicted octanol–water partition coefficient (Wildman–Crippen LogP) is 4.24. The van der Waals surface area contributed by atoms with E-state index >= 15 is 0 Å². The van der Waals surface area contributed by atoms with Gasteiger partial charge in [-0.15, -0.1) is 11.8 Å². The molecule has 0 aromatic rings. The topological polar surface area (TPSA) is 96.2 Å². The van der Waals surface area contributed by atoms with Gasteiger partial charge in [0.1, 0.15) is 11.9 Å². The quantitative estimate of drug-likeness (QED) is 0.456. The lowest BCUT2D eigenvalue weighted by Crippen LogP contribution is -2.54. The molecule has 1 aliphatic carbocycles. The molecule has 184 valence electrons. The highest BCUT2D eigenvalue weighted by Gasteiger charge is 2.51. The number of aliphatic hydroxyl groups excluding tert-OH is 2.